The van der Waals surface area contributed by atoms with Crippen LogP contribution in [0.1, 0.15) is 69.4 Å². The molecule has 0 spiro atoms. The molecular weight excluding hydrogens is 406 g/mol. The summed E-state index contributed by atoms with van der Waals surface area (Å²) in [7, 11) is 0. The summed E-state index contributed by atoms with van der Waals surface area (Å²) in [5, 5.41) is 11.9. The molecule has 2 aliphatic carbocycles. The third-order valence-corrected chi connectivity index (χ3v) is 7.86. The molecule has 2 fully saturated rings. The van der Waals surface area contributed by atoms with E-state index in [4.69, 9.17) is 9.15 Å². The molecule has 1 aromatic carbocycles. The minimum atomic E-state index is -0.605. The molecule has 1 aromatic heterocycles. The second-order valence-corrected chi connectivity index (χ2v) is 9.81. The van der Waals surface area contributed by atoms with Crippen LogP contribution in [-0.2, 0) is 17.6 Å². The molecule has 3 atom stereocenters. The summed E-state index contributed by atoms with van der Waals surface area (Å²) in [5.74, 6) is 0.683. The van der Waals surface area contributed by atoms with Gasteiger partial charge >= 0.3 is 5.63 Å². The molecule has 6 nitrogen and oxygen atoms in total. The maximum absolute atomic E-state index is 13.3. The maximum Gasteiger partial charge on any atom is 0.339 e. The lowest BCUT2D eigenvalue weighted by atomic mass is 9.71. The Morgan fingerprint density at radius 2 is 2.03 bits per heavy atom. The zero-order valence-electron chi connectivity index (χ0n) is 18.9. The molecule has 1 aliphatic heterocycles. The van der Waals surface area contributed by atoms with Crippen LogP contribution in [-0.4, -0.2) is 40.7 Å². The SMILES string of the molecule is CC[C@H](Oc1ccc2c3c(c(=O)oc2c1)CCCC3)C(=O)N1CC[C@@]2(O)CCCC[C@@H]2C1. The molecule has 32 heavy (non-hydrogen) atoms. The van der Waals surface area contributed by atoms with E-state index in [1.807, 2.05) is 24.0 Å². The van der Waals surface area contributed by atoms with Crippen molar-refractivity contribution in [2.45, 2.75) is 82.8 Å². The summed E-state index contributed by atoms with van der Waals surface area (Å²) in [6.45, 7) is 3.12. The molecule has 2 heterocycles. The minimum Gasteiger partial charge on any atom is -0.480 e. The lowest BCUT2D eigenvalue weighted by Gasteiger charge is -2.47. The van der Waals surface area contributed by atoms with Gasteiger partial charge in [-0.1, -0.05) is 19.8 Å². The predicted molar refractivity (Wildman–Crippen MR) is 122 cm³/mol. The van der Waals surface area contributed by atoms with Crippen molar-refractivity contribution < 1.29 is 19.1 Å². The molecule has 0 bridgehead atoms. The zero-order valence-corrected chi connectivity index (χ0v) is 18.9. The van der Waals surface area contributed by atoms with Crippen LogP contribution >= 0.6 is 0 Å². The summed E-state index contributed by atoms with van der Waals surface area (Å²) in [6, 6.07) is 5.58. The Kier molecular flexibility index (Phi) is 5.74. The van der Waals surface area contributed by atoms with Crippen LogP contribution in [0.25, 0.3) is 11.0 Å². The molecular formula is C26H33NO5. The molecule has 0 unspecified atom stereocenters. The molecule has 1 N–H and O–H groups in total. The van der Waals surface area contributed by atoms with Crippen molar-refractivity contribution in [1.82, 2.24) is 4.90 Å². The predicted octanol–water partition coefficient (Wildman–Crippen LogP) is 3.98. The van der Waals surface area contributed by atoms with Crippen molar-refractivity contribution in [2.24, 2.45) is 5.92 Å². The van der Waals surface area contributed by atoms with E-state index in [1.54, 1.807) is 6.07 Å². The fourth-order valence-electron chi connectivity index (χ4n) is 5.95. The molecule has 0 radical (unpaired) electrons. The van der Waals surface area contributed by atoms with E-state index >= 15 is 0 Å². The lowest BCUT2D eigenvalue weighted by Crippen LogP contribution is -2.56. The van der Waals surface area contributed by atoms with E-state index in [1.165, 1.54) is 0 Å². The van der Waals surface area contributed by atoms with Crippen molar-refractivity contribution in [3.63, 3.8) is 0 Å². The van der Waals surface area contributed by atoms with E-state index in [2.05, 4.69) is 0 Å². The first-order valence-corrected chi connectivity index (χ1v) is 12.2. The number of hydrogen-bond acceptors (Lipinski definition) is 5. The van der Waals surface area contributed by atoms with Crippen molar-refractivity contribution in [3.05, 3.63) is 39.7 Å². The first-order chi connectivity index (χ1) is 15.5. The molecule has 1 saturated carbocycles. The van der Waals surface area contributed by atoms with Gasteiger partial charge in [-0.05, 0) is 69.1 Å². The number of nitrogens with zero attached hydrogens (tertiary/aromatic N) is 1. The van der Waals surface area contributed by atoms with E-state index in [0.29, 0.717) is 37.3 Å². The van der Waals surface area contributed by atoms with Gasteiger partial charge in [-0.2, -0.15) is 0 Å². The maximum atomic E-state index is 13.3. The number of ether oxygens (including phenoxy) is 1. The van der Waals surface area contributed by atoms with Crippen LogP contribution in [0.3, 0.4) is 0 Å². The number of aryl methyl sites for hydroxylation is 1. The molecule has 1 saturated heterocycles. The Labute approximate surface area is 188 Å². The van der Waals surface area contributed by atoms with Gasteiger partial charge in [-0.3, -0.25) is 4.79 Å². The standard InChI is InChI=1S/C26H33NO5/c1-2-22(24(28)27-14-13-26(30)12-6-5-7-17(26)16-27)31-18-10-11-20-19-8-3-4-9-21(19)25(29)32-23(20)15-18/h10-11,15,17,22,30H,2-9,12-14,16H2,1H3/t17-,22+,26+/m1/s1. The van der Waals surface area contributed by atoms with E-state index < -0.39 is 11.7 Å². The topological polar surface area (TPSA) is 80.0 Å². The van der Waals surface area contributed by atoms with Crippen molar-refractivity contribution in [1.29, 1.82) is 0 Å². The number of amides is 1. The molecule has 5 rings (SSSR count). The van der Waals surface area contributed by atoms with Gasteiger partial charge in [-0.15, -0.1) is 0 Å². The number of aliphatic hydroxyl groups is 1. The Morgan fingerprint density at radius 3 is 2.84 bits per heavy atom. The van der Waals surface area contributed by atoms with Gasteiger partial charge in [0.25, 0.3) is 5.91 Å². The number of carbonyl (C=O) groups is 1. The van der Waals surface area contributed by atoms with Crippen molar-refractivity contribution in [2.75, 3.05) is 13.1 Å². The Morgan fingerprint density at radius 1 is 1.22 bits per heavy atom. The normalized spacial score (nSPS) is 26.3. The van der Waals surface area contributed by atoms with Gasteiger partial charge < -0.3 is 19.2 Å². The molecule has 172 valence electrons. The van der Waals surface area contributed by atoms with Gasteiger partial charge in [0.1, 0.15) is 11.3 Å². The van der Waals surface area contributed by atoms with E-state index in [-0.39, 0.29) is 17.5 Å². The van der Waals surface area contributed by atoms with Crippen LogP contribution in [0.15, 0.2) is 27.4 Å². The summed E-state index contributed by atoms with van der Waals surface area (Å²) >= 11 is 0. The van der Waals surface area contributed by atoms with E-state index in [9.17, 15) is 14.7 Å². The van der Waals surface area contributed by atoms with Crippen LogP contribution in [0.4, 0.5) is 0 Å². The van der Waals surface area contributed by atoms with Crippen LogP contribution in [0, 0.1) is 5.92 Å². The summed E-state index contributed by atoms with van der Waals surface area (Å²) < 4.78 is 11.7. The van der Waals surface area contributed by atoms with Gasteiger partial charge in [0.15, 0.2) is 6.10 Å². The fourth-order valence-corrected chi connectivity index (χ4v) is 5.95. The number of benzene rings is 1. The lowest BCUT2D eigenvalue weighted by molar-refractivity contribution is -0.150. The average molecular weight is 440 g/mol. The average Bonchev–Trinajstić information content (AvgIpc) is 2.81. The third kappa shape index (κ3) is 3.83. The second-order valence-electron chi connectivity index (χ2n) is 9.81. The Balaban J connectivity index is 1.34. The number of rotatable bonds is 4. The fraction of sp³-hybridized carbons (Fsp3) is 0.615. The van der Waals surface area contributed by atoms with Gasteiger partial charge in [0.05, 0.1) is 5.60 Å². The highest BCUT2D eigenvalue weighted by Gasteiger charge is 2.44. The minimum absolute atomic E-state index is 0.0212. The number of fused-ring (bicyclic) bond motifs is 4. The first-order valence-electron chi connectivity index (χ1n) is 12.2. The van der Waals surface area contributed by atoms with Crippen LogP contribution in [0.2, 0.25) is 0 Å². The van der Waals surface area contributed by atoms with Crippen LogP contribution in [0.5, 0.6) is 5.75 Å². The number of piperidine rings is 1. The highest BCUT2D eigenvalue weighted by molar-refractivity contribution is 5.84. The highest BCUT2D eigenvalue weighted by atomic mass is 16.5. The van der Waals surface area contributed by atoms with Crippen molar-refractivity contribution >= 4 is 16.9 Å². The third-order valence-electron chi connectivity index (χ3n) is 7.86. The number of likely N-dealkylation sites (tertiary alicyclic amines) is 1. The molecule has 6 heteroatoms. The van der Waals surface area contributed by atoms with Crippen LogP contribution < -0.4 is 10.4 Å². The monoisotopic (exact) mass is 439 g/mol. The van der Waals surface area contributed by atoms with Crippen molar-refractivity contribution in [3.8, 4) is 5.75 Å². The summed E-state index contributed by atoms with van der Waals surface area (Å²) in [4.78, 5) is 27.6. The highest BCUT2D eigenvalue weighted by Crippen LogP contribution is 2.40. The van der Waals surface area contributed by atoms with E-state index in [0.717, 1.165) is 67.9 Å². The second kappa shape index (κ2) is 8.54. The summed E-state index contributed by atoms with van der Waals surface area (Å²) in [6.07, 6.45) is 8.42. The largest absolute Gasteiger partial charge is 0.480 e. The Bertz CT molecular complexity index is 1080. The Hall–Kier alpha value is -2.34. The van der Waals surface area contributed by atoms with Gasteiger partial charge in [0, 0.05) is 36.0 Å². The molecule has 3 aliphatic rings. The number of carbonyl (C=O) groups excluding carboxylic acids is 1. The van der Waals surface area contributed by atoms with Gasteiger partial charge in [-0.25, -0.2) is 4.79 Å². The summed E-state index contributed by atoms with van der Waals surface area (Å²) in [5.41, 5.74) is 1.59. The smallest absolute Gasteiger partial charge is 0.339 e. The zero-order chi connectivity index (χ0) is 22.3. The first kappa shape index (κ1) is 21.5. The van der Waals surface area contributed by atoms with Gasteiger partial charge in [0.2, 0.25) is 0 Å². The molecule has 1 amide bonds. The molecule has 2 aromatic rings. The quantitative estimate of drug-likeness (QED) is 0.729. The number of hydrogen-bond donors (Lipinski definition) is 1.